The highest BCUT2D eigenvalue weighted by molar-refractivity contribution is 5.96. The highest BCUT2D eigenvalue weighted by Crippen LogP contribution is 2.40. The predicted octanol–water partition coefficient (Wildman–Crippen LogP) is 3.22. The molecule has 2 aromatic heterocycles. The van der Waals surface area contributed by atoms with Gasteiger partial charge < -0.3 is 9.47 Å². The van der Waals surface area contributed by atoms with Gasteiger partial charge >= 0.3 is 5.69 Å². The minimum Gasteiger partial charge on any atom is -0.494 e. The molecule has 3 rings (SSSR count). The lowest BCUT2D eigenvalue weighted by Crippen LogP contribution is -1.99. The van der Waals surface area contributed by atoms with Gasteiger partial charge in [-0.2, -0.15) is 0 Å². The van der Waals surface area contributed by atoms with Crippen molar-refractivity contribution in [2.45, 2.75) is 0 Å². The van der Waals surface area contributed by atoms with Gasteiger partial charge in [-0.3, -0.25) is 15.1 Å². The Morgan fingerprint density at radius 3 is 2.43 bits per heavy atom. The summed E-state index contributed by atoms with van der Waals surface area (Å²) in [4.78, 5) is 19.6. The van der Waals surface area contributed by atoms with Crippen molar-refractivity contribution in [3.8, 4) is 22.9 Å². The molecule has 116 valence electrons. The SMILES string of the molecule is COc1cc(OC)c2nc(-c3ccccn3)ccc2c1[N+](=O)[O-]. The molecule has 0 aliphatic carbocycles. The zero-order chi connectivity index (χ0) is 16.4. The molecule has 0 bridgehead atoms. The molecule has 0 saturated carbocycles. The molecule has 0 atom stereocenters. The monoisotopic (exact) mass is 311 g/mol. The Kier molecular flexibility index (Phi) is 3.76. The minimum atomic E-state index is -0.483. The van der Waals surface area contributed by atoms with E-state index in [0.29, 0.717) is 28.0 Å². The van der Waals surface area contributed by atoms with Crippen LogP contribution in [0, 0.1) is 10.1 Å². The fourth-order valence-corrected chi connectivity index (χ4v) is 2.38. The Labute approximate surface area is 131 Å². The Morgan fingerprint density at radius 1 is 1.04 bits per heavy atom. The van der Waals surface area contributed by atoms with E-state index in [1.807, 2.05) is 12.1 Å². The third kappa shape index (κ3) is 2.52. The number of rotatable bonds is 4. The second-order valence-electron chi connectivity index (χ2n) is 4.69. The molecule has 0 fully saturated rings. The Bertz CT molecular complexity index is 881. The third-order valence-corrected chi connectivity index (χ3v) is 3.43. The van der Waals surface area contributed by atoms with Crippen LogP contribution in [0.4, 0.5) is 5.69 Å². The number of hydrogen-bond donors (Lipinski definition) is 0. The fraction of sp³-hybridized carbons (Fsp3) is 0.125. The van der Waals surface area contributed by atoms with Crippen LogP contribution in [0.1, 0.15) is 0 Å². The van der Waals surface area contributed by atoms with Crippen molar-refractivity contribution in [2.75, 3.05) is 14.2 Å². The van der Waals surface area contributed by atoms with Crippen LogP contribution in [-0.2, 0) is 0 Å². The molecule has 2 heterocycles. The number of hydrogen-bond acceptors (Lipinski definition) is 6. The molecule has 0 aliphatic rings. The quantitative estimate of drug-likeness (QED) is 0.543. The molecule has 0 spiro atoms. The Hall–Kier alpha value is -3.22. The summed E-state index contributed by atoms with van der Waals surface area (Å²) in [7, 11) is 2.86. The molecule has 23 heavy (non-hydrogen) atoms. The van der Waals surface area contributed by atoms with Crippen molar-refractivity contribution in [1.82, 2.24) is 9.97 Å². The lowest BCUT2D eigenvalue weighted by molar-refractivity contribution is -0.384. The summed E-state index contributed by atoms with van der Waals surface area (Å²) in [6, 6.07) is 10.3. The van der Waals surface area contributed by atoms with E-state index in [2.05, 4.69) is 9.97 Å². The molecule has 0 amide bonds. The first-order valence-electron chi connectivity index (χ1n) is 6.77. The van der Waals surface area contributed by atoms with Gasteiger partial charge in [-0.15, -0.1) is 0 Å². The summed E-state index contributed by atoms with van der Waals surface area (Å²) in [6.45, 7) is 0. The normalized spacial score (nSPS) is 10.5. The number of methoxy groups -OCH3 is 2. The third-order valence-electron chi connectivity index (χ3n) is 3.43. The molecular weight excluding hydrogens is 298 g/mol. The highest BCUT2D eigenvalue weighted by Gasteiger charge is 2.24. The first-order valence-corrected chi connectivity index (χ1v) is 6.77. The van der Waals surface area contributed by atoms with E-state index in [1.54, 1.807) is 24.4 Å². The van der Waals surface area contributed by atoms with Gasteiger partial charge in [-0.25, -0.2) is 4.98 Å². The summed E-state index contributed by atoms with van der Waals surface area (Å²) < 4.78 is 10.4. The number of ether oxygens (including phenoxy) is 2. The summed E-state index contributed by atoms with van der Waals surface area (Å²) in [5, 5.41) is 11.7. The van der Waals surface area contributed by atoms with Gasteiger partial charge in [0.15, 0.2) is 0 Å². The summed E-state index contributed by atoms with van der Waals surface area (Å²) in [5.41, 5.74) is 1.54. The van der Waals surface area contributed by atoms with Gasteiger partial charge in [0.25, 0.3) is 0 Å². The topological polar surface area (TPSA) is 87.4 Å². The number of nitrogens with zero attached hydrogens (tertiary/aromatic N) is 3. The van der Waals surface area contributed by atoms with Gasteiger partial charge in [0, 0.05) is 12.3 Å². The lowest BCUT2D eigenvalue weighted by atomic mass is 10.1. The number of nitro groups is 1. The molecular formula is C16H13N3O4. The maximum Gasteiger partial charge on any atom is 0.320 e. The Morgan fingerprint density at radius 2 is 1.83 bits per heavy atom. The first kappa shape index (κ1) is 14.7. The van der Waals surface area contributed by atoms with Crippen LogP contribution in [0.2, 0.25) is 0 Å². The number of benzene rings is 1. The zero-order valence-electron chi connectivity index (χ0n) is 12.5. The molecule has 7 nitrogen and oxygen atoms in total. The van der Waals surface area contributed by atoms with Crippen LogP contribution in [0.5, 0.6) is 11.5 Å². The molecule has 7 heteroatoms. The molecule has 0 saturated heterocycles. The molecule has 0 radical (unpaired) electrons. The summed E-state index contributed by atoms with van der Waals surface area (Å²) in [5.74, 6) is 0.534. The van der Waals surface area contributed by atoms with Crippen molar-refractivity contribution >= 4 is 16.6 Å². The number of fused-ring (bicyclic) bond motifs is 1. The van der Waals surface area contributed by atoms with Gasteiger partial charge in [0.05, 0.1) is 35.9 Å². The molecule has 0 aliphatic heterocycles. The van der Waals surface area contributed by atoms with Crippen LogP contribution < -0.4 is 9.47 Å². The highest BCUT2D eigenvalue weighted by atomic mass is 16.6. The predicted molar refractivity (Wildman–Crippen MR) is 84.7 cm³/mol. The van der Waals surface area contributed by atoms with Crippen LogP contribution in [0.25, 0.3) is 22.3 Å². The van der Waals surface area contributed by atoms with Crippen molar-refractivity contribution in [2.24, 2.45) is 0 Å². The van der Waals surface area contributed by atoms with Crippen molar-refractivity contribution < 1.29 is 14.4 Å². The van der Waals surface area contributed by atoms with Crippen molar-refractivity contribution in [3.63, 3.8) is 0 Å². The minimum absolute atomic E-state index is 0.131. The number of aromatic nitrogens is 2. The molecule has 0 N–H and O–H groups in total. The average molecular weight is 311 g/mol. The standard InChI is InChI=1S/C16H13N3O4/c1-22-13-9-14(23-2)16(19(20)21)10-6-7-12(18-15(10)13)11-5-3-4-8-17-11/h3-9H,1-2H3. The van der Waals surface area contributed by atoms with E-state index in [1.165, 1.54) is 20.3 Å². The smallest absolute Gasteiger partial charge is 0.320 e. The fourth-order valence-electron chi connectivity index (χ4n) is 2.38. The molecule has 3 aromatic rings. The largest absolute Gasteiger partial charge is 0.494 e. The van der Waals surface area contributed by atoms with Gasteiger partial charge in [0.1, 0.15) is 11.3 Å². The molecule has 1 aromatic carbocycles. The van der Waals surface area contributed by atoms with Crippen LogP contribution in [0.3, 0.4) is 0 Å². The van der Waals surface area contributed by atoms with E-state index in [0.717, 1.165) is 0 Å². The van der Waals surface area contributed by atoms with E-state index in [4.69, 9.17) is 9.47 Å². The summed E-state index contributed by atoms with van der Waals surface area (Å²) in [6.07, 6.45) is 1.66. The van der Waals surface area contributed by atoms with E-state index in [9.17, 15) is 10.1 Å². The van der Waals surface area contributed by atoms with E-state index >= 15 is 0 Å². The van der Waals surface area contributed by atoms with Gasteiger partial charge in [-0.05, 0) is 24.3 Å². The van der Waals surface area contributed by atoms with Crippen LogP contribution in [0.15, 0.2) is 42.6 Å². The van der Waals surface area contributed by atoms with E-state index in [-0.39, 0.29) is 11.4 Å². The van der Waals surface area contributed by atoms with Crippen molar-refractivity contribution in [1.29, 1.82) is 0 Å². The van der Waals surface area contributed by atoms with Crippen LogP contribution in [-0.4, -0.2) is 29.1 Å². The maximum atomic E-state index is 11.4. The molecule has 0 unspecified atom stereocenters. The zero-order valence-corrected chi connectivity index (χ0v) is 12.5. The van der Waals surface area contributed by atoms with Gasteiger partial charge in [-0.1, -0.05) is 6.07 Å². The Balaban J connectivity index is 2.32. The number of nitro benzene ring substituents is 1. The van der Waals surface area contributed by atoms with E-state index < -0.39 is 4.92 Å². The number of pyridine rings is 2. The first-order chi connectivity index (χ1) is 11.2. The maximum absolute atomic E-state index is 11.4. The van der Waals surface area contributed by atoms with Crippen molar-refractivity contribution in [3.05, 3.63) is 52.7 Å². The second-order valence-corrected chi connectivity index (χ2v) is 4.69. The lowest BCUT2D eigenvalue weighted by Gasteiger charge is -2.10. The second kappa shape index (κ2) is 5.88. The van der Waals surface area contributed by atoms with Crippen LogP contribution >= 0.6 is 0 Å². The summed E-state index contributed by atoms with van der Waals surface area (Å²) >= 11 is 0. The van der Waals surface area contributed by atoms with Gasteiger partial charge in [0.2, 0.25) is 5.75 Å². The average Bonchev–Trinajstić information content (AvgIpc) is 2.60.